The number of amides is 2. The maximum absolute atomic E-state index is 12.4. The first-order chi connectivity index (χ1) is 11.4. The molecule has 0 spiro atoms. The quantitative estimate of drug-likeness (QED) is 0.585. The van der Waals surface area contributed by atoms with Crippen LogP contribution in [0.15, 0.2) is 46.9 Å². The highest BCUT2D eigenvalue weighted by molar-refractivity contribution is 9.10. The number of hydrogen-bond acceptors (Lipinski definition) is 2. The maximum Gasteiger partial charge on any atom is 0.273 e. The molecule has 0 radical (unpaired) electrons. The van der Waals surface area contributed by atoms with E-state index in [1.165, 1.54) is 6.92 Å². The first-order valence-electron chi connectivity index (χ1n) is 7.10. The number of carbonyl (C=O) groups is 2. The molecule has 0 bridgehead atoms. The molecule has 3 aromatic rings. The summed E-state index contributed by atoms with van der Waals surface area (Å²) in [6, 6.07) is 12.4. The number of carbonyl (C=O) groups excluding carboxylic acids is 2. The van der Waals surface area contributed by atoms with Crippen molar-refractivity contribution in [1.29, 1.82) is 0 Å². The number of benzene rings is 2. The lowest BCUT2D eigenvalue weighted by Crippen LogP contribution is -2.13. The predicted octanol–water partition coefficient (Wildman–Crippen LogP) is 4.79. The van der Waals surface area contributed by atoms with Crippen LogP contribution in [-0.4, -0.2) is 16.8 Å². The normalized spacial score (nSPS) is 10.6. The molecule has 0 aliphatic carbocycles. The van der Waals surface area contributed by atoms with E-state index in [-0.39, 0.29) is 11.8 Å². The number of nitrogens with one attached hydrogen (secondary N) is 3. The van der Waals surface area contributed by atoms with Crippen LogP contribution < -0.4 is 10.6 Å². The number of aromatic amines is 1. The number of H-pyrrole nitrogens is 1. The topological polar surface area (TPSA) is 74.0 Å². The number of anilines is 2. The van der Waals surface area contributed by atoms with Crippen LogP contribution in [0.4, 0.5) is 11.4 Å². The van der Waals surface area contributed by atoms with Gasteiger partial charge in [0.2, 0.25) is 5.91 Å². The van der Waals surface area contributed by atoms with Gasteiger partial charge in [-0.25, -0.2) is 0 Å². The average Bonchev–Trinajstić information content (AvgIpc) is 2.86. The Morgan fingerprint density at radius 2 is 1.67 bits per heavy atom. The van der Waals surface area contributed by atoms with E-state index in [1.54, 1.807) is 24.3 Å². The third-order valence-electron chi connectivity index (χ3n) is 3.39. The molecule has 0 unspecified atom stereocenters. The van der Waals surface area contributed by atoms with Gasteiger partial charge in [0.05, 0.1) is 5.02 Å². The molecule has 7 heteroatoms. The van der Waals surface area contributed by atoms with Crippen LogP contribution in [0.1, 0.15) is 17.4 Å². The maximum atomic E-state index is 12.4. The van der Waals surface area contributed by atoms with E-state index in [0.29, 0.717) is 22.1 Å². The highest BCUT2D eigenvalue weighted by Crippen LogP contribution is 2.30. The van der Waals surface area contributed by atoms with Crippen molar-refractivity contribution in [3.05, 3.63) is 57.7 Å². The molecule has 0 saturated carbocycles. The molecule has 2 aromatic carbocycles. The zero-order valence-corrected chi connectivity index (χ0v) is 15.0. The Morgan fingerprint density at radius 1 is 1.04 bits per heavy atom. The van der Waals surface area contributed by atoms with Gasteiger partial charge in [0.15, 0.2) is 0 Å². The molecule has 0 saturated heterocycles. The first kappa shape index (κ1) is 16.5. The van der Waals surface area contributed by atoms with Crippen molar-refractivity contribution >= 4 is 61.6 Å². The first-order valence-corrected chi connectivity index (χ1v) is 8.27. The number of aromatic nitrogens is 1. The van der Waals surface area contributed by atoms with Crippen molar-refractivity contribution in [2.45, 2.75) is 6.92 Å². The molecule has 0 fully saturated rings. The Bertz CT molecular complexity index is 935. The number of rotatable bonds is 3. The average molecular weight is 407 g/mol. The second-order valence-corrected chi connectivity index (χ2v) is 6.51. The molecule has 24 heavy (non-hydrogen) atoms. The second kappa shape index (κ2) is 6.67. The predicted molar refractivity (Wildman–Crippen MR) is 99.7 cm³/mol. The van der Waals surface area contributed by atoms with E-state index < -0.39 is 0 Å². The summed E-state index contributed by atoms with van der Waals surface area (Å²) >= 11 is 9.70. The largest absolute Gasteiger partial charge is 0.349 e. The molecule has 1 heterocycles. The van der Waals surface area contributed by atoms with Crippen molar-refractivity contribution in [3.63, 3.8) is 0 Å². The van der Waals surface area contributed by atoms with Crippen molar-refractivity contribution < 1.29 is 9.59 Å². The standard InChI is InChI=1S/C17H13BrClN3O2/c1-9(23)20-11-3-5-12(6-4-11)21-17(24)16-15(19)13-8-10(18)2-7-14(13)22-16/h2-8,22H,1H3,(H,20,23)(H,21,24). The molecule has 3 N–H and O–H groups in total. The molecule has 3 rings (SSSR count). The summed E-state index contributed by atoms with van der Waals surface area (Å²) in [5.41, 5.74) is 2.35. The van der Waals surface area contributed by atoms with Crippen LogP contribution in [-0.2, 0) is 4.79 Å². The van der Waals surface area contributed by atoms with Gasteiger partial charge in [-0.1, -0.05) is 27.5 Å². The van der Waals surface area contributed by atoms with Crippen LogP contribution >= 0.6 is 27.5 Å². The van der Waals surface area contributed by atoms with Crippen LogP contribution in [0, 0.1) is 0 Å². The number of fused-ring (bicyclic) bond motifs is 1. The fourth-order valence-electron chi connectivity index (χ4n) is 2.32. The Hall–Kier alpha value is -2.31. The van der Waals surface area contributed by atoms with Gasteiger partial charge in [0, 0.05) is 33.7 Å². The van der Waals surface area contributed by atoms with Gasteiger partial charge in [0.1, 0.15) is 5.69 Å². The van der Waals surface area contributed by atoms with E-state index in [9.17, 15) is 9.59 Å². The molecule has 0 atom stereocenters. The van der Waals surface area contributed by atoms with Crippen LogP contribution in [0.2, 0.25) is 5.02 Å². The molecular formula is C17H13BrClN3O2. The summed E-state index contributed by atoms with van der Waals surface area (Å²) in [6.45, 7) is 1.44. The monoisotopic (exact) mass is 405 g/mol. The lowest BCUT2D eigenvalue weighted by Gasteiger charge is -2.06. The zero-order valence-electron chi connectivity index (χ0n) is 12.6. The molecule has 2 amide bonds. The van der Waals surface area contributed by atoms with Gasteiger partial charge in [-0.05, 0) is 42.5 Å². The lowest BCUT2D eigenvalue weighted by molar-refractivity contribution is -0.114. The highest BCUT2D eigenvalue weighted by atomic mass is 79.9. The molecule has 5 nitrogen and oxygen atoms in total. The van der Waals surface area contributed by atoms with E-state index in [2.05, 4.69) is 31.5 Å². The van der Waals surface area contributed by atoms with Gasteiger partial charge in [-0.2, -0.15) is 0 Å². The molecular weight excluding hydrogens is 394 g/mol. The van der Waals surface area contributed by atoms with Crippen molar-refractivity contribution in [2.75, 3.05) is 10.6 Å². The SMILES string of the molecule is CC(=O)Nc1ccc(NC(=O)c2[nH]c3ccc(Br)cc3c2Cl)cc1. The third kappa shape index (κ3) is 3.44. The Balaban J connectivity index is 1.82. The summed E-state index contributed by atoms with van der Waals surface area (Å²) in [4.78, 5) is 26.5. The van der Waals surface area contributed by atoms with Gasteiger partial charge >= 0.3 is 0 Å². The van der Waals surface area contributed by atoms with Gasteiger partial charge in [-0.15, -0.1) is 0 Å². The van der Waals surface area contributed by atoms with Crippen molar-refractivity contribution in [1.82, 2.24) is 4.98 Å². The summed E-state index contributed by atoms with van der Waals surface area (Å²) in [5, 5.41) is 6.59. The van der Waals surface area contributed by atoms with E-state index in [4.69, 9.17) is 11.6 Å². The fraction of sp³-hybridized carbons (Fsp3) is 0.0588. The Labute approximate surface area is 151 Å². The minimum absolute atomic E-state index is 0.150. The van der Waals surface area contributed by atoms with Crippen molar-refractivity contribution in [3.8, 4) is 0 Å². The Morgan fingerprint density at radius 3 is 2.29 bits per heavy atom. The van der Waals surface area contributed by atoms with Gasteiger partial charge in [-0.3, -0.25) is 9.59 Å². The Kier molecular flexibility index (Phi) is 4.59. The van der Waals surface area contributed by atoms with Crippen LogP contribution in [0.5, 0.6) is 0 Å². The summed E-state index contributed by atoms with van der Waals surface area (Å²) in [6.07, 6.45) is 0. The molecule has 1 aromatic heterocycles. The summed E-state index contributed by atoms with van der Waals surface area (Å²) in [7, 11) is 0. The minimum atomic E-state index is -0.334. The number of hydrogen-bond donors (Lipinski definition) is 3. The fourth-order valence-corrected chi connectivity index (χ4v) is 2.97. The van der Waals surface area contributed by atoms with E-state index in [1.807, 2.05) is 18.2 Å². The smallest absolute Gasteiger partial charge is 0.273 e. The van der Waals surface area contributed by atoms with Gasteiger partial charge < -0.3 is 15.6 Å². The van der Waals surface area contributed by atoms with Crippen LogP contribution in [0.3, 0.4) is 0 Å². The van der Waals surface area contributed by atoms with Crippen LogP contribution in [0.25, 0.3) is 10.9 Å². The van der Waals surface area contributed by atoms with Crippen molar-refractivity contribution in [2.24, 2.45) is 0 Å². The second-order valence-electron chi connectivity index (χ2n) is 5.22. The summed E-state index contributed by atoms with van der Waals surface area (Å²) in [5.74, 6) is -0.484. The number of halogens is 2. The van der Waals surface area contributed by atoms with E-state index in [0.717, 1.165) is 15.4 Å². The summed E-state index contributed by atoms with van der Waals surface area (Å²) < 4.78 is 0.886. The third-order valence-corrected chi connectivity index (χ3v) is 4.27. The molecule has 0 aliphatic heterocycles. The molecule has 122 valence electrons. The minimum Gasteiger partial charge on any atom is -0.349 e. The molecule has 0 aliphatic rings. The van der Waals surface area contributed by atoms with Gasteiger partial charge in [0.25, 0.3) is 5.91 Å². The zero-order chi connectivity index (χ0) is 17.3. The highest BCUT2D eigenvalue weighted by Gasteiger charge is 2.16. The van der Waals surface area contributed by atoms with E-state index >= 15 is 0 Å². The lowest BCUT2D eigenvalue weighted by atomic mass is 10.2.